The molecule has 0 aromatic rings. The molecule has 1 aliphatic rings. The predicted molar refractivity (Wildman–Crippen MR) is 39.0 cm³/mol. The molecule has 0 saturated heterocycles. The highest BCUT2D eigenvalue weighted by Gasteiger charge is 2.11. The molecule has 0 atom stereocenters. The minimum atomic E-state index is -0.0958. The van der Waals surface area contributed by atoms with Gasteiger partial charge in [-0.05, 0) is 19.3 Å². The molecule has 2 heteroatoms. The van der Waals surface area contributed by atoms with E-state index in [1.165, 1.54) is 6.92 Å². The first kappa shape index (κ1) is 7.32. The number of hydrogen-bond acceptors (Lipinski definition) is 1. The highest BCUT2D eigenvalue weighted by molar-refractivity contribution is 5.74. The summed E-state index contributed by atoms with van der Waals surface area (Å²) in [5, 5.41) is 3.83. The maximum atomic E-state index is 10.5. The number of amides is 1. The van der Waals surface area contributed by atoms with Crippen molar-refractivity contribution in [1.29, 1.82) is 0 Å². The molecule has 1 rings (SSSR count). The normalized spacial score (nSPS) is 18.9. The lowest BCUT2D eigenvalue weighted by Gasteiger charge is -2.12. The summed E-state index contributed by atoms with van der Waals surface area (Å²) in [4.78, 5) is 10.5. The van der Waals surface area contributed by atoms with Crippen LogP contribution in [-0.2, 0) is 4.79 Å². The third-order valence-electron chi connectivity index (χ3n) is 1.41. The lowest BCUT2D eigenvalue weighted by atomic mass is 10.0. The van der Waals surface area contributed by atoms with E-state index in [0.29, 0.717) is 0 Å². The molecule has 0 heterocycles. The fourth-order valence-electron chi connectivity index (χ4n) is 0.999. The van der Waals surface area contributed by atoms with Crippen molar-refractivity contribution in [3.8, 4) is 0 Å². The second kappa shape index (κ2) is 3.40. The smallest absolute Gasteiger partial charge is 0.239 e. The van der Waals surface area contributed by atoms with Crippen LogP contribution >= 0.6 is 0 Å². The topological polar surface area (TPSA) is 31.2 Å². The van der Waals surface area contributed by atoms with Gasteiger partial charge in [-0.3, -0.25) is 4.79 Å². The fourth-order valence-corrected chi connectivity index (χ4v) is 0.999. The summed E-state index contributed by atoms with van der Waals surface area (Å²) in [5.74, 6) is -0.0958. The molecule has 0 saturated carbocycles. The maximum absolute atomic E-state index is 10.5. The van der Waals surface area contributed by atoms with Gasteiger partial charge in [0.1, 0.15) is 6.04 Å². The van der Waals surface area contributed by atoms with Crippen LogP contribution in [-0.4, -0.2) is 5.91 Å². The molecule has 0 spiro atoms. The molecule has 54 valence electrons. The minimum absolute atomic E-state index is 0.0958. The van der Waals surface area contributed by atoms with E-state index in [2.05, 4.69) is 11.4 Å². The van der Waals surface area contributed by atoms with Gasteiger partial charge >= 0.3 is 0 Å². The van der Waals surface area contributed by atoms with Crippen molar-refractivity contribution >= 4 is 5.91 Å². The Hall–Kier alpha value is -0.790. The molecule has 1 amide bonds. The lowest BCUT2D eigenvalue weighted by molar-refractivity contribution is -0.119. The van der Waals surface area contributed by atoms with Crippen molar-refractivity contribution in [3.05, 3.63) is 18.2 Å². The summed E-state index contributed by atoms with van der Waals surface area (Å²) in [6.45, 7) is 1.48. The summed E-state index contributed by atoms with van der Waals surface area (Å²) in [7, 11) is 0. The first-order valence-electron chi connectivity index (χ1n) is 3.54. The van der Waals surface area contributed by atoms with E-state index in [4.69, 9.17) is 0 Å². The Bertz CT molecular complexity index is 151. The molecule has 0 unspecified atom stereocenters. The molecule has 0 aromatic heterocycles. The summed E-state index contributed by atoms with van der Waals surface area (Å²) in [6.07, 6.45) is 7.20. The van der Waals surface area contributed by atoms with Crippen LogP contribution in [0.5, 0.6) is 0 Å². The molecule has 0 bridgehead atoms. The van der Waals surface area contributed by atoms with Crippen molar-refractivity contribution in [3.63, 3.8) is 0 Å². The quantitative estimate of drug-likeness (QED) is 0.537. The molecule has 2 radical (unpaired) electrons. The Morgan fingerprint density at radius 1 is 1.70 bits per heavy atom. The third-order valence-corrected chi connectivity index (χ3v) is 1.41. The Labute approximate surface area is 61.3 Å². The Balaban J connectivity index is 2.33. The largest absolute Gasteiger partial charge is 0.273 e. The highest BCUT2D eigenvalue weighted by atomic mass is 16.1. The molecule has 10 heavy (non-hydrogen) atoms. The summed E-state index contributed by atoms with van der Waals surface area (Å²) in [6, 6.07) is 0.929. The van der Waals surface area contributed by atoms with E-state index in [0.717, 1.165) is 25.3 Å². The predicted octanol–water partition coefficient (Wildman–Crippen LogP) is 1.41. The van der Waals surface area contributed by atoms with E-state index in [1.54, 1.807) is 0 Å². The average Bonchev–Trinajstić information content (AvgIpc) is 1.88. The number of allylic oxidation sites excluding steroid dienone is 1. The van der Waals surface area contributed by atoms with Gasteiger partial charge in [0.15, 0.2) is 0 Å². The molecule has 0 N–H and O–H groups in total. The summed E-state index contributed by atoms with van der Waals surface area (Å²) < 4.78 is 0. The molecule has 0 aromatic carbocycles. The van der Waals surface area contributed by atoms with Gasteiger partial charge in [-0.1, -0.05) is 12.2 Å². The van der Waals surface area contributed by atoms with E-state index in [-0.39, 0.29) is 5.91 Å². The van der Waals surface area contributed by atoms with Crippen LogP contribution in [0.25, 0.3) is 0 Å². The van der Waals surface area contributed by atoms with Crippen LogP contribution < -0.4 is 5.32 Å². The SMILES string of the molecule is CC(=O)[N][C]1C=CCCC1. The van der Waals surface area contributed by atoms with Crippen LogP contribution in [0, 0.1) is 6.04 Å². The Kier molecular flexibility index (Phi) is 2.49. The Morgan fingerprint density at radius 2 is 2.50 bits per heavy atom. The van der Waals surface area contributed by atoms with Gasteiger partial charge in [0, 0.05) is 6.92 Å². The van der Waals surface area contributed by atoms with Gasteiger partial charge in [0.25, 0.3) is 0 Å². The van der Waals surface area contributed by atoms with Crippen LogP contribution in [0.4, 0.5) is 0 Å². The number of carbonyl (C=O) groups excluding carboxylic acids is 1. The molecule has 0 fully saturated rings. The molecular formula is C8H11NO. The van der Waals surface area contributed by atoms with Crippen LogP contribution in [0.2, 0.25) is 0 Å². The molecule has 0 aliphatic heterocycles. The fraction of sp³-hybridized carbons (Fsp3) is 0.500. The standard InChI is InChI=1S/C8H11NO/c1-7(10)9-8-5-3-2-4-6-8/h3,5H,2,4,6H2,1H3. The van der Waals surface area contributed by atoms with E-state index >= 15 is 0 Å². The van der Waals surface area contributed by atoms with Gasteiger partial charge in [0.05, 0.1) is 0 Å². The van der Waals surface area contributed by atoms with Gasteiger partial charge in [-0.2, -0.15) is 0 Å². The number of nitrogens with zero attached hydrogens (tertiary/aromatic N) is 1. The minimum Gasteiger partial charge on any atom is -0.273 e. The Morgan fingerprint density at radius 3 is 3.00 bits per heavy atom. The average molecular weight is 137 g/mol. The first-order chi connectivity index (χ1) is 4.79. The first-order valence-corrected chi connectivity index (χ1v) is 3.54. The van der Waals surface area contributed by atoms with Gasteiger partial charge in [0.2, 0.25) is 5.91 Å². The number of carbonyl (C=O) groups is 1. The van der Waals surface area contributed by atoms with Crippen LogP contribution in [0.1, 0.15) is 26.2 Å². The van der Waals surface area contributed by atoms with E-state index in [9.17, 15) is 4.79 Å². The molecule has 2 nitrogen and oxygen atoms in total. The van der Waals surface area contributed by atoms with Crippen LogP contribution in [0.3, 0.4) is 0 Å². The van der Waals surface area contributed by atoms with Gasteiger partial charge in [-0.25, -0.2) is 5.32 Å². The van der Waals surface area contributed by atoms with Gasteiger partial charge in [-0.15, -0.1) is 0 Å². The zero-order valence-electron chi connectivity index (χ0n) is 6.13. The summed E-state index contributed by atoms with van der Waals surface area (Å²) >= 11 is 0. The van der Waals surface area contributed by atoms with Crippen molar-refractivity contribution in [1.82, 2.24) is 5.32 Å². The van der Waals surface area contributed by atoms with Crippen molar-refractivity contribution in [2.45, 2.75) is 26.2 Å². The second-order valence-corrected chi connectivity index (χ2v) is 2.42. The molecular weight excluding hydrogens is 126 g/mol. The summed E-state index contributed by atoms with van der Waals surface area (Å²) in [5.41, 5.74) is 0. The zero-order valence-corrected chi connectivity index (χ0v) is 6.13. The van der Waals surface area contributed by atoms with E-state index < -0.39 is 0 Å². The maximum Gasteiger partial charge on any atom is 0.239 e. The van der Waals surface area contributed by atoms with Gasteiger partial charge < -0.3 is 0 Å². The van der Waals surface area contributed by atoms with Crippen molar-refractivity contribution < 1.29 is 4.79 Å². The molecule has 1 aliphatic carbocycles. The number of rotatable bonds is 1. The second-order valence-electron chi connectivity index (χ2n) is 2.42. The van der Waals surface area contributed by atoms with Crippen LogP contribution in [0.15, 0.2) is 12.2 Å². The van der Waals surface area contributed by atoms with E-state index in [1.807, 2.05) is 6.08 Å². The third kappa shape index (κ3) is 2.21. The lowest BCUT2D eigenvalue weighted by Crippen LogP contribution is -2.17. The van der Waals surface area contributed by atoms with Crippen molar-refractivity contribution in [2.24, 2.45) is 0 Å². The zero-order chi connectivity index (χ0) is 7.40. The highest BCUT2D eigenvalue weighted by Crippen LogP contribution is 2.16. The monoisotopic (exact) mass is 137 g/mol. The van der Waals surface area contributed by atoms with Crippen molar-refractivity contribution in [2.75, 3.05) is 0 Å². The number of hydrogen-bond donors (Lipinski definition) is 0.